The van der Waals surface area contributed by atoms with Crippen LogP contribution in [-0.2, 0) is 11.2 Å². The van der Waals surface area contributed by atoms with Crippen molar-refractivity contribution in [2.75, 3.05) is 0 Å². The molecule has 0 bridgehead atoms. The molecule has 0 saturated carbocycles. The highest BCUT2D eigenvalue weighted by molar-refractivity contribution is 5.76. The summed E-state index contributed by atoms with van der Waals surface area (Å²) in [5, 5.41) is 7.10. The summed E-state index contributed by atoms with van der Waals surface area (Å²) in [5.41, 5.74) is 2.88. The number of furan rings is 1. The second kappa shape index (κ2) is 6.20. The minimum Gasteiger partial charge on any atom is -0.467 e. The highest BCUT2D eigenvalue weighted by Gasteiger charge is 2.15. The van der Waals surface area contributed by atoms with Crippen molar-refractivity contribution in [2.24, 2.45) is 0 Å². The fourth-order valence-electron chi connectivity index (χ4n) is 2.68. The molecule has 3 aromatic rings. The third kappa shape index (κ3) is 3.08. The zero-order valence-electron chi connectivity index (χ0n) is 13.4. The number of rotatable bonds is 5. The van der Waals surface area contributed by atoms with Crippen LogP contribution in [0.2, 0.25) is 0 Å². The van der Waals surface area contributed by atoms with E-state index in [-0.39, 0.29) is 11.9 Å². The van der Waals surface area contributed by atoms with Gasteiger partial charge in [-0.05, 0) is 44.9 Å². The van der Waals surface area contributed by atoms with Gasteiger partial charge in [0.15, 0.2) is 0 Å². The van der Waals surface area contributed by atoms with Gasteiger partial charge in [0, 0.05) is 17.8 Å². The van der Waals surface area contributed by atoms with Crippen LogP contribution in [-0.4, -0.2) is 25.5 Å². The predicted molar refractivity (Wildman–Crippen MR) is 83.8 cm³/mol. The first kappa shape index (κ1) is 15.2. The van der Waals surface area contributed by atoms with Crippen LogP contribution >= 0.6 is 0 Å². The van der Waals surface area contributed by atoms with Crippen molar-refractivity contribution in [1.82, 2.24) is 24.9 Å². The van der Waals surface area contributed by atoms with Gasteiger partial charge in [-0.25, -0.2) is 9.50 Å². The van der Waals surface area contributed by atoms with Crippen molar-refractivity contribution in [3.63, 3.8) is 0 Å². The van der Waals surface area contributed by atoms with Gasteiger partial charge in [-0.1, -0.05) is 0 Å². The van der Waals surface area contributed by atoms with Gasteiger partial charge in [-0.3, -0.25) is 4.79 Å². The summed E-state index contributed by atoms with van der Waals surface area (Å²) in [7, 11) is 0. The number of hydrogen-bond donors (Lipinski definition) is 1. The number of nitrogens with one attached hydrogen (secondary N) is 1. The molecule has 0 spiro atoms. The molecule has 0 unspecified atom stereocenters. The molecule has 3 aromatic heterocycles. The molecule has 3 rings (SSSR count). The quantitative estimate of drug-likeness (QED) is 0.780. The van der Waals surface area contributed by atoms with Gasteiger partial charge in [0.2, 0.25) is 5.91 Å². The van der Waals surface area contributed by atoms with E-state index in [2.05, 4.69) is 20.4 Å². The Labute approximate surface area is 133 Å². The van der Waals surface area contributed by atoms with Crippen LogP contribution in [0.1, 0.15) is 42.1 Å². The molecular formula is C16H19N5O2. The van der Waals surface area contributed by atoms with Crippen LogP contribution in [0.25, 0.3) is 5.78 Å². The summed E-state index contributed by atoms with van der Waals surface area (Å²) in [6, 6.07) is 3.52. The number of carbonyl (C=O) groups excluding carboxylic acids is 1. The van der Waals surface area contributed by atoms with Crippen molar-refractivity contribution < 1.29 is 9.21 Å². The molecule has 7 heteroatoms. The van der Waals surface area contributed by atoms with Crippen LogP contribution in [0.5, 0.6) is 0 Å². The fourth-order valence-corrected chi connectivity index (χ4v) is 2.68. The summed E-state index contributed by atoms with van der Waals surface area (Å²) in [4.78, 5) is 20.7. The first-order chi connectivity index (χ1) is 11.1. The molecule has 1 atom stereocenters. The lowest BCUT2D eigenvalue weighted by Gasteiger charge is -2.13. The Morgan fingerprint density at radius 2 is 2.26 bits per heavy atom. The first-order valence-electron chi connectivity index (χ1n) is 7.55. The van der Waals surface area contributed by atoms with Gasteiger partial charge in [-0.15, -0.1) is 0 Å². The molecule has 1 amide bonds. The molecule has 0 aliphatic heterocycles. The molecule has 7 nitrogen and oxygen atoms in total. The minimum atomic E-state index is -0.143. The molecule has 23 heavy (non-hydrogen) atoms. The Morgan fingerprint density at radius 1 is 1.43 bits per heavy atom. The van der Waals surface area contributed by atoms with E-state index in [1.54, 1.807) is 10.8 Å². The first-order valence-corrected chi connectivity index (χ1v) is 7.55. The number of aromatic nitrogens is 4. The van der Waals surface area contributed by atoms with E-state index in [4.69, 9.17) is 4.42 Å². The number of fused-ring (bicyclic) bond motifs is 1. The van der Waals surface area contributed by atoms with Crippen molar-refractivity contribution >= 4 is 11.7 Å². The minimum absolute atomic E-state index is 0.0219. The topological polar surface area (TPSA) is 85.3 Å². The van der Waals surface area contributed by atoms with Gasteiger partial charge in [0.1, 0.15) is 12.1 Å². The summed E-state index contributed by atoms with van der Waals surface area (Å²) in [6.07, 6.45) is 4.08. The van der Waals surface area contributed by atoms with Gasteiger partial charge in [0.25, 0.3) is 5.78 Å². The maximum absolute atomic E-state index is 12.2. The Hall–Kier alpha value is -2.70. The van der Waals surface area contributed by atoms with E-state index in [9.17, 15) is 4.79 Å². The van der Waals surface area contributed by atoms with Crippen molar-refractivity contribution in [3.8, 4) is 0 Å². The van der Waals surface area contributed by atoms with E-state index < -0.39 is 0 Å². The summed E-state index contributed by atoms with van der Waals surface area (Å²) < 4.78 is 6.99. The molecule has 0 aliphatic carbocycles. The molecule has 120 valence electrons. The molecule has 1 N–H and O–H groups in total. The molecule has 0 saturated heterocycles. The largest absolute Gasteiger partial charge is 0.467 e. The number of carbonyl (C=O) groups is 1. The summed E-state index contributed by atoms with van der Waals surface area (Å²) in [6.45, 7) is 5.80. The van der Waals surface area contributed by atoms with Crippen molar-refractivity contribution in [1.29, 1.82) is 0 Å². The van der Waals surface area contributed by atoms with Crippen LogP contribution in [0.3, 0.4) is 0 Å². The Morgan fingerprint density at radius 3 is 3.00 bits per heavy atom. The summed E-state index contributed by atoms with van der Waals surface area (Å²) >= 11 is 0. The van der Waals surface area contributed by atoms with E-state index in [1.807, 2.05) is 32.9 Å². The Bertz CT molecular complexity index is 822. The maximum atomic E-state index is 12.2. The average molecular weight is 313 g/mol. The highest BCUT2D eigenvalue weighted by atomic mass is 16.3. The molecule has 0 radical (unpaired) electrons. The molecular weight excluding hydrogens is 294 g/mol. The lowest BCUT2D eigenvalue weighted by atomic mass is 10.1. The molecule has 0 fully saturated rings. The Balaban J connectivity index is 1.67. The fraction of sp³-hybridized carbons (Fsp3) is 0.375. The average Bonchev–Trinajstić information content (AvgIpc) is 3.18. The van der Waals surface area contributed by atoms with Gasteiger partial charge in [0.05, 0.1) is 12.3 Å². The van der Waals surface area contributed by atoms with Crippen molar-refractivity contribution in [2.45, 2.75) is 39.7 Å². The second-order valence-corrected chi connectivity index (χ2v) is 5.54. The predicted octanol–water partition coefficient (Wildman–Crippen LogP) is 2.14. The number of hydrogen-bond acceptors (Lipinski definition) is 5. The molecule has 0 aromatic carbocycles. The zero-order valence-corrected chi connectivity index (χ0v) is 13.4. The van der Waals surface area contributed by atoms with Crippen LogP contribution < -0.4 is 5.32 Å². The number of amides is 1. The monoisotopic (exact) mass is 313 g/mol. The smallest absolute Gasteiger partial charge is 0.252 e. The summed E-state index contributed by atoms with van der Waals surface area (Å²) in [5.74, 6) is 1.31. The van der Waals surface area contributed by atoms with Gasteiger partial charge >= 0.3 is 0 Å². The molecule has 3 heterocycles. The van der Waals surface area contributed by atoms with Crippen LogP contribution in [0.4, 0.5) is 0 Å². The highest BCUT2D eigenvalue weighted by Crippen LogP contribution is 2.16. The van der Waals surface area contributed by atoms with Gasteiger partial charge < -0.3 is 9.73 Å². The lowest BCUT2D eigenvalue weighted by Crippen LogP contribution is -2.26. The van der Waals surface area contributed by atoms with Crippen LogP contribution in [0.15, 0.2) is 29.1 Å². The van der Waals surface area contributed by atoms with E-state index >= 15 is 0 Å². The normalized spacial score (nSPS) is 12.5. The maximum Gasteiger partial charge on any atom is 0.252 e. The second-order valence-electron chi connectivity index (χ2n) is 5.54. The zero-order chi connectivity index (χ0) is 16.4. The SMILES string of the molecule is Cc1nc2ncnn2c(C)c1CCC(=O)N[C@@H](C)c1ccco1. The van der Waals surface area contributed by atoms with E-state index in [0.29, 0.717) is 18.6 Å². The van der Waals surface area contributed by atoms with Crippen molar-refractivity contribution in [3.05, 3.63) is 47.4 Å². The number of nitrogens with zero attached hydrogens (tertiary/aromatic N) is 4. The lowest BCUT2D eigenvalue weighted by molar-refractivity contribution is -0.121. The van der Waals surface area contributed by atoms with E-state index in [1.165, 1.54) is 6.33 Å². The van der Waals surface area contributed by atoms with E-state index in [0.717, 1.165) is 22.7 Å². The third-order valence-electron chi connectivity index (χ3n) is 3.94. The van der Waals surface area contributed by atoms with Gasteiger partial charge in [-0.2, -0.15) is 10.1 Å². The molecule has 0 aliphatic rings. The van der Waals surface area contributed by atoms with Crippen LogP contribution in [0, 0.1) is 13.8 Å². The number of aryl methyl sites for hydroxylation is 2. The third-order valence-corrected chi connectivity index (χ3v) is 3.94. The Kier molecular flexibility index (Phi) is 4.10. The standard InChI is InChI=1S/C16H19N5O2/c1-10-13(12(3)21-16(20-10)17-9-18-21)6-7-15(22)19-11(2)14-5-4-8-23-14/h4-5,8-9,11H,6-7H2,1-3H3,(H,19,22)/t11-/m0/s1.